The maximum Gasteiger partial charge on any atom is 0.120 e. The Hall–Kier alpha value is -1.87. The fourth-order valence-electron chi connectivity index (χ4n) is 3.52. The number of rotatable bonds is 3. The molecule has 110 valence electrons. The number of nitrogens with zero attached hydrogens (tertiary/aromatic N) is 1. The van der Waals surface area contributed by atoms with Crippen molar-refractivity contribution in [2.75, 3.05) is 0 Å². The van der Waals surface area contributed by atoms with E-state index >= 15 is 0 Å². The van der Waals surface area contributed by atoms with Gasteiger partial charge in [-0.15, -0.1) is 0 Å². The zero-order valence-electron chi connectivity index (χ0n) is 12.8. The number of hydrogen-bond acceptors (Lipinski definition) is 3. The zero-order chi connectivity index (χ0) is 15.0. The Labute approximate surface area is 126 Å². The van der Waals surface area contributed by atoms with Gasteiger partial charge in [-0.25, -0.2) is 0 Å². The normalized spacial score (nSPS) is 22.0. The Morgan fingerprint density at radius 3 is 2.81 bits per heavy atom. The third kappa shape index (κ3) is 2.54. The van der Waals surface area contributed by atoms with E-state index in [-0.39, 0.29) is 12.1 Å². The summed E-state index contributed by atoms with van der Waals surface area (Å²) in [6.45, 7) is 6.51. The van der Waals surface area contributed by atoms with Crippen LogP contribution in [0.3, 0.4) is 0 Å². The molecular formula is C18H22N2O. The van der Waals surface area contributed by atoms with Crippen LogP contribution >= 0.6 is 0 Å². The summed E-state index contributed by atoms with van der Waals surface area (Å²) in [6, 6.07) is 8.28. The van der Waals surface area contributed by atoms with E-state index in [0.29, 0.717) is 11.7 Å². The molecule has 2 aromatic rings. The highest BCUT2D eigenvalue weighted by Crippen LogP contribution is 2.46. The minimum absolute atomic E-state index is 0.199. The molecule has 0 aliphatic heterocycles. The fourth-order valence-corrected chi connectivity index (χ4v) is 3.52. The first-order valence-electron chi connectivity index (χ1n) is 7.56. The van der Waals surface area contributed by atoms with Gasteiger partial charge in [-0.2, -0.15) is 0 Å². The Kier molecular flexibility index (Phi) is 3.68. The van der Waals surface area contributed by atoms with E-state index in [0.717, 1.165) is 12.0 Å². The molecule has 0 fully saturated rings. The first-order chi connectivity index (χ1) is 10.1. The number of phenols is 1. The fraction of sp³-hybridized carbons (Fsp3) is 0.389. The minimum Gasteiger partial charge on any atom is -0.508 e. The lowest BCUT2D eigenvalue weighted by molar-refractivity contribution is 0.422. The molecule has 3 atom stereocenters. The van der Waals surface area contributed by atoms with Crippen LogP contribution in [0.1, 0.15) is 60.5 Å². The van der Waals surface area contributed by atoms with Gasteiger partial charge in [0.2, 0.25) is 0 Å². The van der Waals surface area contributed by atoms with Crippen molar-refractivity contribution in [2.24, 2.45) is 0 Å². The van der Waals surface area contributed by atoms with Gasteiger partial charge in [-0.1, -0.05) is 19.1 Å². The van der Waals surface area contributed by atoms with Crippen molar-refractivity contribution in [3.63, 3.8) is 0 Å². The van der Waals surface area contributed by atoms with Crippen molar-refractivity contribution in [1.29, 1.82) is 0 Å². The predicted octanol–water partition coefficient (Wildman–Crippen LogP) is 3.99. The van der Waals surface area contributed by atoms with Gasteiger partial charge in [-0.3, -0.25) is 4.98 Å². The number of aromatic nitrogens is 1. The highest BCUT2D eigenvalue weighted by molar-refractivity contribution is 5.51. The number of benzene rings is 1. The molecule has 0 bridgehead atoms. The molecule has 3 heteroatoms. The molecule has 2 unspecified atom stereocenters. The molecule has 0 spiro atoms. The number of fused-ring (bicyclic) bond motifs is 1. The van der Waals surface area contributed by atoms with Gasteiger partial charge < -0.3 is 10.4 Å². The van der Waals surface area contributed by atoms with E-state index < -0.39 is 0 Å². The molecule has 0 saturated heterocycles. The number of phenolic OH excluding ortho intramolecular Hbond substituents is 1. The van der Waals surface area contributed by atoms with E-state index in [1.807, 2.05) is 24.4 Å². The number of aromatic hydroxyl groups is 1. The standard InChI is InChI=1S/C18H22N2O/c1-11-6-7-16(21)18-15(9-12(2)17(11)18)20-13(3)14-5-4-8-19-10-14/h4-8,10,12-13,15,20-21H,9H2,1-3H3/t12?,13-,15?/m1/s1. The number of aryl methyl sites for hydroxylation is 1. The summed E-state index contributed by atoms with van der Waals surface area (Å²) in [7, 11) is 0. The van der Waals surface area contributed by atoms with Crippen LogP contribution in [0.4, 0.5) is 0 Å². The first-order valence-corrected chi connectivity index (χ1v) is 7.56. The number of hydrogen-bond donors (Lipinski definition) is 2. The minimum atomic E-state index is 0.199. The topological polar surface area (TPSA) is 45.1 Å². The van der Waals surface area contributed by atoms with Gasteiger partial charge >= 0.3 is 0 Å². The van der Waals surface area contributed by atoms with Crippen LogP contribution in [0, 0.1) is 6.92 Å². The summed E-state index contributed by atoms with van der Waals surface area (Å²) in [5.74, 6) is 0.890. The van der Waals surface area contributed by atoms with Gasteiger partial charge in [0.05, 0.1) is 0 Å². The van der Waals surface area contributed by atoms with Crippen molar-refractivity contribution in [1.82, 2.24) is 10.3 Å². The molecule has 1 aromatic heterocycles. The van der Waals surface area contributed by atoms with Gasteiger partial charge in [-0.05, 0) is 55.0 Å². The molecule has 1 aliphatic rings. The molecule has 21 heavy (non-hydrogen) atoms. The van der Waals surface area contributed by atoms with Gasteiger partial charge in [0.25, 0.3) is 0 Å². The molecular weight excluding hydrogens is 260 g/mol. The average molecular weight is 282 g/mol. The van der Waals surface area contributed by atoms with Gasteiger partial charge in [0.1, 0.15) is 5.75 Å². The summed E-state index contributed by atoms with van der Waals surface area (Å²) in [5, 5.41) is 13.9. The summed E-state index contributed by atoms with van der Waals surface area (Å²) < 4.78 is 0. The van der Waals surface area contributed by atoms with Crippen molar-refractivity contribution >= 4 is 0 Å². The van der Waals surface area contributed by atoms with E-state index in [9.17, 15) is 5.11 Å². The maximum absolute atomic E-state index is 10.3. The quantitative estimate of drug-likeness (QED) is 0.894. The monoisotopic (exact) mass is 282 g/mol. The number of pyridine rings is 1. The Morgan fingerprint density at radius 1 is 1.29 bits per heavy atom. The lowest BCUT2D eigenvalue weighted by Crippen LogP contribution is -2.23. The van der Waals surface area contributed by atoms with Crippen molar-refractivity contribution in [3.8, 4) is 5.75 Å². The Bertz CT molecular complexity index is 639. The summed E-state index contributed by atoms with van der Waals surface area (Å²) in [6.07, 6.45) is 4.71. The average Bonchev–Trinajstić information content (AvgIpc) is 2.81. The van der Waals surface area contributed by atoms with Crippen LogP contribution < -0.4 is 5.32 Å². The third-order valence-electron chi connectivity index (χ3n) is 4.55. The summed E-state index contributed by atoms with van der Waals surface area (Å²) in [4.78, 5) is 4.18. The van der Waals surface area contributed by atoms with Crippen molar-refractivity contribution in [3.05, 3.63) is 58.9 Å². The van der Waals surface area contributed by atoms with Gasteiger partial charge in [0.15, 0.2) is 0 Å². The molecule has 1 aliphatic carbocycles. The molecule has 0 radical (unpaired) electrons. The summed E-state index contributed by atoms with van der Waals surface area (Å²) in [5.41, 5.74) is 4.84. The predicted molar refractivity (Wildman–Crippen MR) is 84.4 cm³/mol. The van der Waals surface area contributed by atoms with Crippen LogP contribution in [-0.4, -0.2) is 10.1 Å². The largest absolute Gasteiger partial charge is 0.508 e. The summed E-state index contributed by atoms with van der Waals surface area (Å²) >= 11 is 0. The zero-order valence-corrected chi connectivity index (χ0v) is 12.8. The Balaban J connectivity index is 1.88. The van der Waals surface area contributed by atoms with Crippen LogP contribution in [0.25, 0.3) is 0 Å². The van der Waals surface area contributed by atoms with E-state index in [1.54, 1.807) is 6.20 Å². The highest BCUT2D eigenvalue weighted by Gasteiger charge is 2.32. The second-order valence-electron chi connectivity index (χ2n) is 6.09. The number of nitrogens with one attached hydrogen (secondary N) is 1. The van der Waals surface area contributed by atoms with Crippen molar-refractivity contribution < 1.29 is 5.11 Å². The second kappa shape index (κ2) is 5.49. The van der Waals surface area contributed by atoms with Crippen LogP contribution in [-0.2, 0) is 0 Å². The molecule has 3 nitrogen and oxygen atoms in total. The van der Waals surface area contributed by atoms with Crippen LogP contribution in [0.5, 0.6) is 5.75 Å². The van der Waals surface area contributed by atoms with E-state index in [1.165, 1.54) is 16.7 Å². The van der Waals surface area contributed by atoms with Crippen LogP contribution in [0.2, 0.25) is 0 Å². The first kappa shape index (κ1) is 14.1. The molecule has 0 saturated carbocycles. The van der Waals surface area contributed by atoms with Crippen molar-refractivity contribution in [2.45, 2.75) is 45.2 Å². The SMILES string of the molecule is Cc1ccc(O)c2c1C(C)CC2N[C@H](C)c1cccnc1. The van der Waals surface area contributed by atoms with E-state index in [2.05, 4.69) is 37.1 Å². The third-order valence-corrected chi connectivity index (χ3v) is 4.55. The molecule has 1 heterocycles. The molecule has 3 rings (SSSR count). The molecule has 1 aromatic carbocycles. The highest BCUT2D eigenvalue weighted by atomic mass is 16.3. The lowest BCUT2D eigenvalue weighted by Gasteiger charge is -2.21. The van der Waals surface area contributed by atoms with E-state index in [4.69, 9.17) is 0 Å². The lowest BCUT2D eigenvalue weighted by atomic mass is 9.97. The molecule has 2 N–H and O–H groups in total. The molecule has 0 amide bonds. The second-order valence-corrected chi connectivity index (χ2v) is 6.09. The Morgan fingerprint density at radius 2 is 2.10 bits per heavy atom. The van der Waals surface area contributed by atoms with Crippen LogP contribution in [0.15, 0.2) is 36.7 Å². The van der Waals surface area contributed by atoms with Gasteiger partial charge in [0, 0.05) is 30.0 Å². The smallest absolute Gasteiger partial charge is 0.120 e. The maximum atomic E-state index is 10.3.